The van der Waals surface area contributed by atoms with Crippen LogP contribution in [-0.4, -0.2) is 66.1 Å². The minimum atomic E-state index is 0.393. The van der Waals surface area contributed by atoms with Crippen LogP contribution in [0.25, 0.3) is 0 Å². The Balaban J connectivity index is 3.58. The zero-order chi connectivity index (χ0) is 22.8. The van der Waals surface area contributed by atoms with E-state index in [2.05, 4.69) is 55.4 Å². The first-order valence-electron chi connectivity index (χ1n) is 12.1. The van der Waals surface area contributed by atoms with Crippen LogP contribution in [0.2, 0.25) is 0 Å². The minimum Gasteiger partial charge on any atom is -0.381 e. The molecule has 182 valence electrons. The van der Waals surface area contributed by atoms with Crippen molar-refractivity contribution >= 4 is 0 Å². The highest BCUT2D eigenvalue weighted by atomic mass is 16.5. The largest absolute Gasteiger partial charge is 0.381 e. The molecule has 5 unspecified atom stereocenters. The Morgan fingerprint density at radius 3 is 0.833 bits per heavy atom. The summed E-state index contributed by atoms with van der Waals surface area (Å²) in [4.78, 5) is 0. The molecule has 5 heteroatoms. The molecule has 0 N–H and O–H groups in total. The van der Waals surface area contributed by atoms with E-state index in [-0.39, 0.29) is 0 Å². The van der Waals surface area contributed by atoms with Crippen molar-refractivity contribution in [3.8, 4) is 0 Å². The van der Waals surface area contributed by atoms with Crippen LogP contribution in [0.4, 0.5) is 0 Å². The summed E-state index contributed by atoms with van der Waals surface area (Å²) >= 11 is 0. The molecule has 0 amide bonds. The van der Waals surface area contributed by atoms with Gasteiger partial charge in [-0.1, -0.05) is 61.8 Å². The fraction of sp³-hybridized carbons (Fsp3) is 1.00. The van der Waals surface area contributed by atoms with Gasteiger partial charge in [-0.05, 0) is 11.8 Å². The predicted octanol–water partition coefficient (Wildman–Crippen LogP) is 5.32. The summed E-state index contributed by atoms with van der Waals surface area (Å²) in [6, 6.07) is 0. The van der Waals surface area contributed by atoms with Crippen LogP contribution in [0.1, 0.15) is 61.8 Å². The fourth-order valence-electron chi connectivity index (χ4n) is 2.70. The van der Waals surface area contributed by atoms with Crippen molar-refractivity contribution in [3.05, 3.63) is 0 Å². The van der Waals surface area contributed by atoms with Gasteiger partial charge in [0, 0.05) is 36.9 Å². The molecule has 0 aromatic heterocycles. The number of rotatable bonds is 21. The van der Waals surface area contributed by atoms with Crippen molar-refractivity contribution in [1.29, 1.82) is 0 Å². The van der Waals surface area contributed by atoms with Gasteiger partial charge < -0.3 is 23.7 Å². The second kappa shape index (κ2) is 19.5. The van der Waals surface area contributed by atoms with E-state index in [4.69, 9.17) is 23.7 Å². The van der Waals surface area contributed by atoms with E-state index in [9.17, 15) is 0 Å². The van der Waals surface area contributed by atoms with E-state index in [1.54, 1.807) is 0 Å². The van der Waals surface area contributed by atoms with Gasteiger partial charge >= 0.3 is 0 Å². The zero-order valence-corrected chi connectivity index (χ0v) is 21.3. The Bertz CT molecular complexity index is 363. The molecule has 5 atom stereocenters. The molecule has 0 rings (SSSR count). The van der Waals surface area contributed by atoms with Crippen molar-refractivity contribution in [2.75, 3.05) is 66.1 Å². The predicted molar refractivity (Wildman–Crippen MR) is 125 cm³/mol. The summed E-state index contributed by atoms with van der Waals surface area (Å²) in [6.45, 7) is 25.0. The van der Waals surface area contributed by atoms with E-state index in [0.717, 1.165) is 66.1 Å². The van der Waals surface area contributed by atoms with Gasteiger partial charge in [0.05, 0.1) is 52.9 Å². The highest BCUT2D eigenvalue weighted by Crippen LogP contribution is 2.07. The molecule has 0 saturated carbocycles. The molecular formula is C25H52O5. The summed E-state index contributed by atoms with van der Waals surface area (Å²) in [7, 11) is 0. The maximum atomic E-state index is 5.86. The van der Waals surface area contributed by atoms with E-state index in [1.807, 2.05) is 0 Å². The third-order valence-electron chi connectivity index (χ3n) is 4.77. The Morgan fingerprint density at radius 2 is 0.600 bits per heavy atom. The molecule has 0 saturated heterocycles. The van der Waals surface area contributed by atoms with E-state index in [1.165, 1.54) is 6.42 Å². The Morgan fingerprint density at radius 1 is 0.367 bits per heavy atom. The van der Waals surface area contributed by atoms with Gasteiger partial charge in [-0.15, -0.1) is 0 Å². The topological polar surface area (TPSA) is 46.2 Å². The standard InChI is InChI=1S/C25H52O5/c1-9-21(4)11-27-13-23(6)15-29-17-25(8)19-30-18-24(7)16-28-14-22(5)12-26-10-20(2)3/h20-25H,9-19H2,1-8H3. The quantitative estimate of drug-likeness (QED) is 0.246. The molecule has 5 nitrogen and oxygen atoms in total. The summed E-state index contributed by atoms with van der Waals surface area (Å²) in [5.74, 6) is 2.86. The summed E-state index contributed by atoms with van der Waals surface area (Å²) in [6.07, 6.45) is 1.17. The molecule has 0 bridgehead atoms. The molecule has 0 aromatic carbocycles. The van der Waals surface area contributed by atoms with Crippen LogP contribution in [0.3, 0.4) is 0 Å². The van der Waals surface area contributed by atoms with Crippen LogP contribution in [0, 0.1) is 35.5 Å². The lowest BCUT2D eigenvalue weighted by Crippen LogP contribution is -2.21. The Labute approximate surface area is 187 Å². The molecule has 0 aliphatic heterocycles. The van der Waals surface area contributed by atoms with Gasteiger partial charge in [0.1, 0.15) is 0 Å². The van der Waals surface area contributed by atoms with Crippen molar-refractivity contribution in [1.82, 2.24) is 0 Å². The van der Waals surface area contributed by atoms with Crippen molar-refractivity contribution in [2.45, 2.75) is 61.8 Å². The van der Waals surface area contributed by atoms with Crippen LogP contribution in [0.15, 0.2) is 0 Å². The fourth-order valence-corrected chi connectivity index (χ4v) is 2.70. The lowest BCUT2D eigenvalue weighted by atomic mass is 10.1. The van der Waals surface area contributed by atoms with Crippen LogP contribution in [-0.2, 0) is 23.7 Å². The number of hydrogen-bond acceptors (Lipinski definition) is 5. The van der Waals surface area contributed by atoms with Gasteiger partial charge in [0.2, 0.25) is 0 Å². The molecule has 0 fully saturated rings. The molecule has 0 aromatic rings. The third kappa shape index (κ3) is 19.7. The van der Waals surface area contributed by atoms with E-state index >= 15 is 0 Å². The SMILES string of the molecule is CCC(C)COCC(C)COCC(C)COCC(C)COCC(C)COCC(C)C. The second-order valence-corrected chi connectivity index (χ2v) is 10.0. The molecule has 0 radical (unpaired) electrons. The van der Waals surface area contributed by atoms with Crippen LogP contribution >= 0.6 is 0 Å². The average molecular weight is 433 g/mol. The first-order chi connectivity index (χ1) is 14.2. The Kier molecular flexibility index (Phi) is 19.4. The zero-order valence-electron chi connectivity index (χ0n) is 21.3. The smallest absolute Gasteiger partial charge is 0.0513 e. The van der Waals surface area contributed by atoms with Crippen molar-refractivity contribution < 1.29 is 23.7 Å². The van der Waals surface area contributed by atoms with Crippen molar-refractivity contribution in [3.63, 3.8) is 0 Å². The second-order valence-electron chi connectivity index (χ2n) is 10.0. The minimum absolute atomic E-state index is 0.393. The molecule has 0 aliphatic rings. The first-order valence-corrected chi connectivity index (χ1v) is 12.1. The number of ether oxygens (including phenoxy) is 5. The maximum Gasteiger partial charge on any atom is 0.0513 e. The van der Waals surface area contributed by atoms with Gasteiger partial charge in [0.15, 0.2) is 0 Å². The summed E-state index contributed by atoms with van der Waals surface area (Å²) in [5, 5.41) is 0. The van der Waals surface area contributed by atoms with E-state index in [0.29, 0.717) is 35.5 Å². The lowest BCUT2D eigenvalue weighted by molar-refractivity contribution is -0.00899. The van der Waals surface area contributed by atoms with Gasteiger partial charge in [-0.3, -0.25) is 0 Å². The highest BCUT2D eigenvalue weighted by molar-refractivity contribution is 4.56. The first kappa shape index (κ1) is 29.8. The normalized spacial score (nSPS) is 17.1. The average Bonchev–Trinajstić information content (AvgIpc) is 2.67. The van der Waals surface area contributed by atoms with Crippen molar-refractivity contribution in [2.24, 2.45) is 35.5 Å². The molecule has 0 spiro atoms. The monoisotopic (exact) mass is 432 g/mol. The summed E-state index contributed by atoms with van der Waals surface area (Å²) in [5.41, 5.74) is 0. The Hall–Kier alpha value is -0.200. The molecular weight excluding hydrogens is 380 g/mol. The molecule has 0 heterocycles. The van der Waals surface area contributed by atoms with Crippen LogP contribution in [0.5, 0.6) is 0 Å². The highest BCUT2D eigenvalue weighted by Gasteiger charge is 2.10. The van der Waals surface area contributed by atoms with Gasteiger partial charge in [-0.25, -0.2) is 0 Å². The van der Waals surface area contributed by atoms with Gasteiger partial charge in [-0.2, -0.15) is 0 Å². The molecule has 0 aliphatic carbocycles. The van der Waals surface area contributed by atoms with E-state index < -0.39 is 0 Å². The van der Waals surface area contributed by atoms with Crippen LogP contribution < -0.4 is 0 Å². The third-order valence-corrected chi connectivity index (χ3v) is 4.77. The lowest BCUT2D eigenvalue weighted by Gasteiger charge is -2.18. The van der Waals surface area contributed by atoms with Gasteiger partial charge in [0.25, 0.3) is 0 Å². The maximum absolute atomic E-state index is 5.86. The number of hydrogen-bond donors (Lipinski definition) is 0. The summed E-state index contributed by atoms with van der Waals surface area (Å²) < 4.78 is 28.9. The molecule has 30 heavy (non-hydrogen) atoms.